The number of carbonyl (C=O) groups excluding carboxylic acids is 2. The largest absolute Gasteiger partial charge is 0.336 e. The lowest BCUT2D eigenvalue weighted by Gasteiger charge is -2.27. The Morgan fingerprint density at radius 2 is 1.86 bits per heavy atom. The Labute approximate surface area is 135 Å². The summed E-state index contributed by atoms with van der Waals surface area (Å²) in [7, 11) is 1.62. The van der Waals surface area contributed by atoms with Gasteiger partial charge in [-0.05, 0) is 24.6 Å². The first-order valence-electron chi connectivity index (χ1n) is 6.68. The van der Waals surface area contributed by atoms with Gasteiger partial charge >= 0.3 is 0 Å². The number of nitrogens with zero attached hydrogens (tertiary/aromatic N) is 1. The molecule has 0 aliphatic heterocycles. The highest BCUT2D eigenvalue weighted by atomic mass is 35.5. The van der Waals surface area contributed by atoms with Crippen LogP contribution in [-0.4, -0.2) is 30.3 Å². The first kappa shape index (κ1) is 17.8. The van der Waals surface area contributed by atoms with E-state index in [9.17, 15) is 9.59 Å². The number of hydrogen-bond donors (Lipinski definition) is 1. The molecule has 21 heavy (non-hydrogen) atoms. The van der Waals surface area contributed by atoms with Crippen molar-refractivity contribution in [1.82, 2.24) is 4.90 Å². The molecular weight excluding hydrogens is 311 g/mol. The van der Waals surface area contributed by atoms with Crippen LogP contribution in [0.25, 0.3) is 0 Å². The minimum atomic E-state index is -0.474. The molecule has 0 aromatic heterocycles. The van der Waals surface area contributed by atoms with Crippen LogP contribution in [0.5, 0.6) is 0 Å². The number of anilines is 1. The van der Waals surface area contributed by atoms with Gasteiger partial charge in [0.2, 0.25) is 11.8 Å². The zero-order valence-electron chi connectivity index (χ0n) is 12.7. The Balaban J connectivity index is 2.65. The number of nitrogens with one attached hydrogen (secondary N) is 1. The van der Waals surface area contributed by atoms with Crippen molar-refractivity contribution in [1.29, 1.82) is 0 Å². The van der Waals surface area contributed by atoms with Crippen LogP contribution in [0.4, 0.5) is 5.69 Å². The predicted octanol–water partition coefficient (Wildman–Crippen LogP) is 3.83. The normalized spacial score (nSPS) is 11.1. The Bertz CT molecular complexity index is 544. The average molecular weight is 331 g/mol. The highest BCUT2D eigenvalue weighted by molar-refractivity contribution is 6.42. The molecule has 1 aromatic rings. The molecule has 0 heterocycles. The lowest BCUT2D eigenvalue weighted by molar-refractivity contribution is -0.141. The second kappa shape index (κ2) is 7.14. The number of rotatable bonds is 5. The Kier molecular flexibility index (Phi) is 6.05. The number of likely N-dealkylation sites (N-methyl/N-ethyl adjacent to an activating group) is 1. The maximum atomic E-state index is 12.2. The molecule has 0 fully saturated rings. The molecule has 0 saturated carbocycles. The standard InChI is InChI=1S/C15H20Cl2N2O2/c1-5-15(2,3)14(21)19(4)9-13(20)18-10-6-7-11(16)12(17)8-10/h6-8H,5,9H2,1-4H3,(H,18,20). The Morgan fingerprint density at radius 1 is 1.24 bits per heavy atom. The van der Waals surface area contributed by atoms with Crippen LogP contribution in [-0.2, 0) is 9.59 Å². The topological polar surface area (TPSA) is 49.4 Å². The van der Waals surface area contributed by atoms with Crippen LogP contribution in [0.1, 0.15) is 27.2 Å². The van der Waals surface area contributed by atoms with E-state index < -0.39 is 5.41 Å². The molecule has 1 N–H and O–H groups in total. The summed E-state index contributed by atoms with van der Waals surface area (Å²) in [6.07, 6.45) is 0.713. The highest BCUT2D eigenvalue weighted by Gasteiger charge is 2.29. The zero-order valence-corrected chi connectivity index (χ0v) is 14.2. The Morgan fingerprint density at radius 3 is 2.38 bits per heavy atom. The molecule has 1 rings (SSSR count). The maximum Gasteiger partial charge on any atom is 0.243 e. The second-order valence-corrected chi connectivity index (χ2v) is 6.39. The molecule has 6 heteroatoms. The number of halogens is 2. The van der Waals surface area contributed by atoms with E-state index in [1.807, 2.05) is 20.8 Å². The van der Waals surface area contributed by atoms with Crippen molar-refractivity contribution < 1.29 is 9.59 Å². The molecule has 0 aliphatic carbocycles. The summed E-state index contributed by atoms with van der Waals surface area (Å²) in [4.78, 5) is 25.6. The molecule has 0 bridgehead atoms. The summed E-state index contributed by atoms with van der Waals surface area (Å²) < 4.78 is 0. The van der Waals surface area contributed by atoms with Gasteiger partial charge < -0.3 is 10.2 Å². The van der Waals surface area contributed by atoms with E-state index in [4.69, 9.17) is 23.2 Å². The van der Waals surface area contributed by atoms with Crippen LogP contribution >= 0.6 is 23.2 Å². The first-order valence-corrected chi connectivity index (χ1v) is 7.43. The van der Waals surface area contributed by atoms with Gasteiger partial charge in [0.15, 0.2) is 0 Å². The van der Waals surface area contributed by atoms with E-state index in [1.54, 1.807) is 25.2 Å². The average Bonchev–Trinajstić information content (AvgIpc) is 2.41. The number of hydrogen-bond acceptors (Lipinski definition) is 2. The van der Waals surface area contributed by atoms with Crippen LogP contribution < -0.4 is 5.32 Å². The summed E-state index contributed by atoms with van der Waals surface area (Å²) in [6, 6.07) is 4.83. The fourth-order valence-electron chi connectivity index (χ4n) is 1.73. The Hall–Kier alpha value is -1.26. The number of amides is 2. The predicted molar refractivity (Wildman–Crippen MR) is 86.8 cm³/mol. The van der Waals surface area contributed by atoms with Gasteiger partial charge in [0, 0.05) is 18.2 Å². The first-order chi connectivity index (χ1) is 9.67. The van der Waals surface area contributed by atoms with E-state index in [2.05, 4.69) is 5.32 Å². The third-order valence-electron chi connectivity index (χ3n) is 3.39. The van der Waals surface area contributed by atoms with E-state index in [1.165, 1.54) is 4.90 Å². The molecule has 0 unspecified atom stereocenters. The van der Waals surface area contributed by atoms with Crippen molar-refractivity contribution in [2.75, 3.05) is 18.9 Å². The molecule has 2 amide bonds. The van der Waals surface area contributed by atoms with E-state index in [0.717, 1.165) is 0 Å². The lowest BCUT2D eigenvalue weighted by Crippen LogP contribution is -2.42. The maximum absolute atomic E-state index is 12.2. The van der Waals surface area contributed by atoms with Gasteiger partial charge in [0.25, 0.3) is 0 Å². The lowest BCUT2D eigenvalue weighted by atomic mass is 9.89. The molecule has 4 nitrogen and oxygen atoms in total. The van der Waals surface area contributed by atoms with E-state index >= 15 is 0 Å². The van der Waals surface area contributed by atoms with Crippen LogP contribution in [0.15, 0.2) is 18.2 Å². The third-order valence-corrected chi connectivity index (χ3v) is 4.13. The zero-order chi connectivity index (χ0) is 16.2. The highest BCUT2D eigenvalue weighted by Crippen LogP contribution is 2.25. The molecular formula is C15H20Cl2N2O2. The van der Waals surface area contributed by atoms with E-state index in [-0.39, 0.29) is 18.4 Å². The minimum Gasteiger partial charge on any atom is -0.336 e. The SMILES string of the molecule is CCC(C)(C)C(=O)N(C)CC(=O)Nc1ccc(Cl)c(Cl)c1. The third kappa shape index (κ3) is 4.90. The minimum absolute atomic E-state index is 0.0114. The second-order valence-electron chi connectivity index (χ2n) is 5.58. The van der Waals surface area contributed by atoms with Gasteiger partial charge in [-0.3, -0.25) is 9.59 Å². The fourth-order valence-corrected chi connectivity index (χ4v) is 2.03. The van der Waals surface area contributed by atoms with Crippen molar-refractivity contribution >= 4 is 40.7 Å². The van der Waals surface area contributed by atoms with Crippen molar-refractivity contribution in [2.45, 2.75) is 27.2 Å². The number of benzene rings is 1. The number of carbonyl (C=O) groups is 2. The summed E-state index contributed by atoms with van der Waals surface area (Å²) >= 11 is 11.7. The summed E-state index contributed by atoms with van der Waals surface area (Å²) in [5, 5.41) is 3.48. The van der Waals surface area contributed by atoms with Gasteiger partial charge in [-0.2, -0.15) is 0 Å². The molecule has 0 atom stereocenters. The van der Waals surface area contributed by atoms with Crippen LogP contribution in [0.3, 0.4) is 0 Å². The summed E-state index contributed by atoms with van der Waals surface area (Å²) in [5.74, 6) is -0.342. The van der Waals surface area contributed by atoms with Crippen molar-refractivity contribution in [3.05, 3.63) is 28.2 Å². The monoisotopic (exact) mass is 330 g/mol. The smallest absolute Gasteiger partial charge is 0.243 e. The summed E-state index contributed by atoms with van der Waals surface area (Å²) in [6.45, 7) is 5.66. The van der Waals surface area contributed by atoms with Gasteiger partial charge in [-0.15, -0.1) is 0 Å². The van der Waals surface area contributed by atoms with E-state index in [0.29, 0.717) is 22.2 Å². The molecule has 1 aromatic carbocycles. The van der Waals surface area contributed by atoms with Crippen LogP contribution in [0.2, 0.25) is 10.0 Å². The molecule has 0 spiro atoms. The quantitative estimate of drug-likeness (QED) is 0.891. The molecule has 116 valence electrons. The summed E-state index contributed by atoms with van der Waals surface area (Å²) in [5.41, 5.74) is 0.0727. The van der Waals surface area contributed by atoms with Gasteiger partial charge in [0.05, 0.1) is 16.6 Å². The molecule has 0 saturated heterocycles. The molecule has 0 radical (unpaired) electrons. The van der Waals surface area contributed by atoms with Crippen LogP contribution in [0, 0.1) is 5.41 Å². The van der Waals surface area contributed by atoms with Crippen molar-refractivity contribution in [2.24, 2.45) is 5.41 Å². The molecule has 0 aliphatic rings. The van der Waals surface area contributed by atoms with Gasteiger partial charge in [-0.1, -0.05) is 44.0 Å². The van der Waals surface area contributed by atoms with Gasteiger partial charge in [0.1, 0.15) is 0 Å². The van der Waals surface area contributed by atoms with Crippen molar-refractivity contribution in [3.63, 3.8) is 0 Å². The fraction of sp³-hybridized carbons (Fsp3) is 0.467. The van der Waals surface area contributed by atoms with Crippen molar-refractivity contribution in [3.8, 4) is 0 Å². The van der Waals surface area contributed by atoms with Gasteiger partial charge in [-0.25, -0.2) is 0 Å².